The lowest BCUT2D eigenvalue weighted by molar-refractivity contribution is -0.143. The van der Waals surface area contributed by atoms with Crippen LogP contribution < -0.4 is 10.6 Å². The van der Waals surface area contributed by atoms with Gasteiger partial charge in [-0.1, -0.05) is 72.8 Å². The van der Waals surface area contributed by atoms with Crippen molar-refractivity contribution in [2.45, 2.75) is 18.9 Å². The van der Waals surface area contributed by atoms with E-state index in [0.717, 1.165) is 11.1 Å². The van der Waals surface area contributed by atoms with Crippen LogP contribution in [0.3, 0.4) is 0 Å². The first kappa shape index (κ1) is 21.8. The van der Waals surface area contributed by atoms with Gasteiger partial charge in [0.15, 0.2) is 0 Å². The maximum absolute atomic E-state index is 13.2. The van der Waals surface area contributed by atoms with Gasteiger partial charge in [0.25, 0.3) is 5.91 Å². The van der Waals surface area contributed by atoms with Crippen molar-refractivity contribution in [3.05, 3.63) is 102 Å². The Labute approximate surface area is 181 Å². The molecule has 0 heterocycles. The fourth-order valence-electron chi connectivity index (χ4n) is 3.50. The third kappa shape index (κ3) is 5.36. The predicted octanol–water partition coefficient (Wildman–Crippen LogP) is 3.75. The van der Waals surface area contributed by atoms with E-state index in [-0.39, 0.29) is 11.5 Å². The summed E-state index contributed by atoms with van der Waals surface area (Å²) in [6.45, 7) is 1.37. The van der Waals surface area contributed by atoms with Crippen molar-refractivity contribution >= 4 is 23.5 Å². The molecule has 0 aliphatic heterocycles. The molecule has 3 rings (SSSR count). The summed E-state index contributed by atoms with van der Waals surface area (Å²) in [6.07, 6.45) is 0. The summed E-state index contributed by atoms with van der Waals surface area (Å²) in [5, 5.41) is 5.48. The third-order valence-electron chi connectivity index (χ3n) is 4.87. The van der Waals surface area contributed by atoms with E-state index in [0.29, 0.717) is 5.69 Å². The molecule has 0 unspecified atom stereocenters. The topological polar surface area (TPSA) is 84.5 Å². The van der Waals surface area contributed by atoms with Crippen molar-refractivity contribution in [1.82, 2.24) is 5.32 Å². The minimum absolute atomic E-state index is 0.256. The molecular weight excluding hydrogens is 392 g/mol. The Hall–Kier alpha value is -3.93. The van der Waals surface area contributed by atoms with Gasteiger partial charge in [-0.3, -0.25) is 9.59 Å². The molecule has 6 heteroatoms. The van der Waals surface area contributed by atoms with Gasteiger partial charge in [-0.25, -0.2) is 4.79 Å². The fraction of sp³-hybridized carbons (Fsp3) is 0.160. The summed E-state index contributed by atoms with van der Waals surface area (Å²) in [4.78, 5) is 37.5. The number of rotatable bonds is 7. The van der Waals surface area contributed by atoms with Gasteiger partial charge in [0, 0.05) is 12.8 Å². The van der Waals surface area contributed by atoms with Crippen molar-refractivity contribution in [2.75, 3.05) is 12.4 Å². The van der Waals surface area contributed by atoms with Crippen LogP contribution in [-0.2, 0) is 14.3 Å². The van der Waals surface area contributed by atoms with E-state index < -0.39 is 23.8 Å². The van der Waals surface area contributed by atoms with Crippen molar-refractivity contribution in [3.8, 4) is 0 Å². The molecule has 6 nitrogen and oxygen atoms in total. The van der Waals surface area contributed by atoms with Crippen LogP contribution >= 0.6 is 0 Å². The quantitative estimate of drug-likeness (QED) is 0.575. The van der Waals surface area contributed by atoms with Gasteiger partial charge >= 0.3 is 5.97 Å². The van der Waals surface area contributed by atoms with E-state index in [9.17, 15) is 14.4 Å². The average Bonchev–Trinajstić information content (AvgIpc) is 2.79. The van der Waals surface area contributed by atoms with Gasteiger partial charge in [-0.15, -0.1) is 0 Å². The number of hydrogen-bond donors (Lipinski definition) is 2. The first-order valence-electron chi connectivity index (χ1n) is 9.86. The summed E-state index contributed by atoms with van der Waals surface area (Å²) in [7, 11) is 1.29. The molecule has 0 bridgehead atoms. The lowest BCUT2D eigenvalue weighted by Crippen LogP contribution is -2.46. The van der Waals surface area contributed by atoms with Crippen LogP contribution in [0.4, 0.5) is 5.69 Å². The number of nitrogens with one attached hydrogen (secondary N) is 2. The lowest BCUT2D eigenvalue weighted by Gasteiger charge is -2.27. The minimum atomic E-state index is -0.979. The van der Waals surface area contributed by atoms with E-state index in [4.69, 9.17) is 4.74 Å². The molecular formula is C25H24N2O4. The van der Waals surface area contributed by atoms with Crippen molar-refractivity contribution in [3.63, 3.8) is 0 Å². The Morgan fingerprint density at radius 3 is 1.81 bits per heavy atom. The molecule has 3 aromatic carbocycles. The number of hydrogen-bond acceptors (Lipinski definition) is 4. The predicted molar refractivity (Wildman–Crippen MR) is 119 cm³/mol. The zero-order valence-electron chi connectivity index (χ0n) is 17.4. The molecule has 3 aromatic rings. The molecule has 0 aliphatic rings. The van der Waals surface area contributed by atoms with E-state index in [1.165, 1.54) is 14.0 Å². The number of ether oxygens (including phenoxy) is 1. The number of benzene rings is 3. The zero-order valence-corrected chi connectivity index (χ0v) is 17.4. The number of para-hydroxylation sites is 1. The van der Waals surface area contributed by atoms with Gasteiger partial charge < -0.3 is 15.4 Å². The van der Waals surface area contributed by atoms with Crippen LogP contribution in [0.2, 0.25) is 0 Å². The maximum Gasteiger partial charge on any atom is 0.329 e. The first-order valence-corrected chi connectivity index (χ1v) is 9.86. The zero-order chi connectivity index (χ0) is 22.2. The molecule has 0 saturated carbocycles. The summed E-state index contributed by atoms with van der Waals surface area (Å²) >= 11 is 0. The Morgan fingerprint density at radius 2 is 1.29 bits per heavy atom. The number of amides is 2. The number of carbonyl (C=O) groups is 3. The van der Waals surface area contributed by atoms with Crippen molar-refractivity contribution in [1.29, 1.82) is 0 Å². The van der Waals surface area contributed by atoms with Gasteiger partial charge in [0.05, 0.1) is 18.4 Å². The van der Waals surface area contributed by atoms with Gasteiger partial charge in [0.2, 0.25) is 5.91 Å². The summed E-state index contributed by atoms with van der Waals surface area (Å²) in [5.74, 6) is -1.82. The van der Waals surface area contributed by atoms with Gasteiger partial charge in [-0.2, -0.15) is 0 Å². The minimum Gasteiger partial charge on any atom is -0.467 e. The molecule has 2 N–H and O–H groups in total. The Balaban J connectivity index is 2.02. The molecule has 0 aliphatic carbocycles. The fourth-order valence-corrected chi connectivity index (χ4v) is 3.50. The lowest BCUT2D eigenvalue weighted by atomic mass is 9.84. The van der Waals surface area contributed by atoms with E-state index in [1.807, 2.05) is 60.7 Å². The molecule has 0 aromatic heterocycles. The Kier molecular flexibility index (Phi) is 7.17. The number of carbonyl (C=O) groups excluding carboxylic acids is 3. The highest BCUT2D eigenvalue weighted by molar-refractivity contribution is 6.04. The number of methoxy groups -OCH3 is 1. The molecule has 0 saturated heterocycles. The Bertz CT molecular complexity index is 1010. The van der Waals surface area contributed by atoms with Crippen molar-refractivity contribution < 1.29 is 19.1 Å². The first-order chi connectivity index (χ1) is 15.0. The molecule has 1 atom stereocenters. The standard InChI is InChI=1S/C25H24N2O4/c1-17(28)26-21-16-10-9-15-20(21)24(29)27-23(25(30)31-2)22(18-11-5-3-6-12-18)19-13-7-4-8-14-19/h3-16,22-23H,1-2H3,(H,26,28)(H,27,29)/t23-/m1/s1. The highest BCUT2D eigenvalue weighted by Gasteiger charge is 2.33. The molecule has 2 amide bonds. The summed E-state index contributed by atoms with van der Waals surface area (Å²) < 4.78 is 5.04. The van der Waals surface area contributed by atoms with Crippen LogP contribution in [0, 0.1) is 0 Å². The number of anilines is 1. The van der Waals surface area contributed by atoms with Gasteiger partial charge in [0.1, 0.15) is 6.04 Å². The average molecular weight is 416 g/mol. The van der Waals surface area contributed by atoms with Gasteiger partial charge in [-0.05, 0) is 23.3 Å². The summed E-state index contributed by atoms with van der Waals surface area (Å²) in [6, 6.07) is 24.6. The van der Waals surface area contributed by atoms with E-state index in [2.05, 4.69) is 10.6 Å². The second kappa shape index (κ2) is 10.2. The smallest absolute Gasteiger partial charge is 0.329 e. The number of esters is 1. The highest BCUT2D eigenvalue weighted by Crippen LogP contribution is 2.29. The largest absolute Gasteiger partial charge is 0.467 e. The molecule has 158 valence electrons. The highest BCUT2D eigenvalue weighted by atomic mass is 16.5. The van der Waals surface area contributed by atoms with Crippen LogP contribution in [0.5, 0.6) is 0 Å². The van der Waals surface area contributed by atoms with E-state index >= 15 is 0 Å². The van der Waals surface area contributed by atoms with E-state index in [1.54, 1.807) is 24.3 Å². The normalized spacial score (nSPS) is 11.5. The summed E-state index contributed by atoms with van der Waals surface area (Å²) in [5.41, 5.74) is 2.35. The maximum atomic E-state index is 13.2. The third-order valence-corrected chi connectivity index (χ3v) is 4.87. The molecule has 0 radical (unpaired) electrons. The monoisotopic (exact) mass is 416 g/mol. The molecule has 0 fully saturated rings. The Morgan fingerprint density at radius 1 is 0.774 bits per heavy atom. The molecule has 0 spiro atoms. The molecule has 31 heavy (non-hydrogen) atoms. The van der Waals surface area contributed by atoms with Crippen LogP contribution in [-0.4, -0.2) is 30.9 Å². The van der Waals surface area contributed by atoms with Crippen LogP contribution in [0.25, 0.3) is 0 Å². The second-order valence-corrected chi connectivity index (χ2v) is 7.00. The second-order valence-electron chi connectivity index (χ2n) is 7.00. The van der Waals surface area contributed by atoms with Crippen LogP contribution in [0.1, 0.15) is 34.3 Å². The van der Waals surface area contributed by atoms with Crippen LogP contribution in [0.15, 0.2) is 84.9 Å². The van der Waals surface area contributed by atoms with Crippen molar-refractivity contribution in [2.24, 2.45) is 0 Å². The SMILES string of the molecule is COC(=O)[C@H](NC(=O)c1ccccc1NC(C)=O)C(c1ccccc1)c1ccccc1.